The van der Waals surface area contributed by atoms with Gasteiger partial charge in [0.1, 0.15) is 22.5 Å². The van der Waals surface area contributed by atoms with Crippen LogP contribution in [0.4, 0.5) is 0 Å². The fraction of sp³-hybridized carbons (Fsp3) is 0.235. The largest absolute Gasteiger partial charge is 0.465 e. The fourth-order valence-corrected chi connectivity index (χ4v) is 3.09. The Balaban J connectivity index is 2.35. The van der Waals surface area contributed by atoms with E-state index >= 15 is 0 Å². The van der Waals surface area contributed by atoms with Gasteiger partial charge in [0.25, 0.3) is 0 Å². The zero-order valence-corrected chi connectivity index (χ0v) is 14.1. The van der Waals surface area contributed by atoms with E-state index in [9.17, 15) is 13.5 Å². The quantitative estimate of drug-likeness (QED) is 0.637. The first-order chi connectivity index (χ1) is 11.4. The number of ether oxygens (including phenoxy) is 1. The molecular weight excluding hydrogens is 330 g/mol. The topological polar surface area (TPSA) is 96.6 Å². The van der Waals surface area contributed by atoms with Crippen LogP contribution >= 0.6 is 0 Å². The van der Waals surface area contributed by atoms with Crippen LogP contribution in [0.15, 0.2) is 47.4 Å². The van der Waals surface area contributed by atoms with E-state index in [1.165, 1.54) is 30.3 Å². The van der Waals surface area contributed by atoms with Crippen molar-refractivity contribution >= 4 is 10.1 Å². The molecule has 0 aromatic heterocycles. The number of aryl methyl sites for hydroxylation is 1. The van der Waals surface area contributed by atoms with Crippen LogP contribution in [0.2, 0.25) is 0 Å². The van der Waals surface area contributed by atoms with E-state index in [2.05, 4.69) is 0 Å². The molecule has 0 aliphatic heterocycles. The number of aliphatic hydroxyl groups excluding tert-OH is 1. The zero-order chi connectivity index (χ0) is 17.7. The second kappa shape index (κ2) is 7.34. The first-order valence-corrected chi connectivity index (χ1v) is 8.66. The summed E-state index contributed by atoms with van der Waals surface area (Å²) in [5, 5.41) is 18.6. The van der Waals surface area contributed by atoms with Gasteiger partial charge in [0.15, 0.2) is 6.29 Å². The highest BCUT2D eigenvalue weighted by Crippen LogP contribution is 2.27. The molecule has 0 saturated carbocycles. The van der Waals surface area contributed by atoms with Gasteiger partial charge in [0.2, 0.25) is 0 Å². The summed E-state index contributed by atoms with van der Waals surface area (Å²) in [4.78, 5) is -0.204. The van der Waals surface area contributed by atoms with Gasteiger partial charge < -0.3 is 14.0 Å². The lowest BCUT2D eigenvalue weighted by Gasteiger charge is -2.14. The molecule has 0 radical (unpaired) electrons. The molecule has 0 heterocycles. The highest BCUT2D eigenvalue weighted by Gasteiger charge is 2.21. The fourth-order valence-electron chi connectivity index (χ4n) is 2.02. The Morgan fingerprint density at radius 1 is 1.21 bits per heavy atom. The lowest BCUT2D eigenvalue weighted by molar-refractivity contribution is -0.0192. The molecule has 1 N–H and O–H groups in total. The summed E-state index contributed by atoms with van der Waals surface area (Å²) in [7, 11) is -4.16. The summed E-state index contributed by atoms with van der Waals surface area (Å²) >= 11 is 0. The van der Waals surface area contributed by atoms with Crippen molar-refractivity contribution in [1.82, 2.24) is 0 Å². The van der Waals surface area contributed by atoms with E-state index in [1.807, 2.05) is 6.07 Å². The Hall–Kier alpha value is -2.56. The number of nitriles is 1. The summed E-state index contributed by atoms with van der Waals surface area (Å²) in [5.41, 5.74) is 0.706. The first-order valence-electron chi connectivity index (χ1n) is 7.25. The average molecular weight is 347 g/mol. The second-order valence-corrected chi connectivity index (χ2v) is 6.62. The molecular formula is C17H17NO5S. The minimum atomic E-state index is -4.16. The molecule has 7 heteroatoms. The SMILES string of the molecule is CCC(O)Oc1cc(C)cc(OS(=O)(=O)c2ccccc2C#N)c1. The van der Waals surface area contributed by atoms with E-state index in [1.54, 1.807) is 26.0 Å². The normalized spacial score (nSPS) is 12.2. The Bertz CT molecular complexity index is 871. The van der Waals surface area contributed by atoms with Crippen molar-refractivity contribution in [3.63, 3.8) is 0 Å². The van der Waals surface area contributed by atoms with Crippen molar-refractivity contribution in [1.29, 1.82) is 5.26 Å². The molecule has 0 spiro atoms. The third kappa shape index (κ3) is 4.25. The smallest absolute Gasteiger partial charge is 0.340 e. The Kier molecular flexibility index (Phi) is 5.44. The van der Waals surface area contributed by atoms with Gasteiger partial charge in [0.05, 0.1) is 5.56 Å². The van der Waals surface area contributed by atoms with Gasteiger partial charge in [-0.05, 0) is 36.8 Å². The lowest BCUT2D eigenvalue weighted by atomic mass is 10.2. The van der Waals surface area contributed by atoms with Crippen molar-refractivity contribution in [2.75, 3.05) is 0 Å². The van der Waals surface area contributed by atoms with Crippen LogP contribution in [0.5, 0.6) is 11.5 Å². The molecule has 0 fully saturated rings. The van der Waals surface area contributed by atoms with Gasteiger partial charge in [-0.15, -0.1) is 0 Å². The number of hydrogen-bond donors (Lipinski definition) is 1. The highest BCUT2D eigenvalue weighted by molar-refractivity contribution is 7.87. The first kappa shape index (κ1) is 17.8. The summed E-state index contributed by atoms with van der Waals surface area (Å²) in [6.07, 6.45) is -0.603. The van der Waals surface area contributed by atoms with Gasteiger partial charge >= 0.3 is 10.1 Å². The summed E-state index contributed by atoms with van der Waals surface area (Å²) in [5.74, 6) is 0.337. The van der Waals surface area contributed by atoms with Gasteiger partial charge in [0, 0.05) is 12.5 Å². The van der Waals surface area contributed by atoms with E-state index in [-0.39, 0.29) is 16.2 Å². The monoisotopic (exact) mass is 347 g/mol. The van der Waals surface area contributed by atoms with Gasteiger partial charge in [-0.1, -0.05) is 19.1 Å². The number of hydrogen-bond acceptors (Lipinski definition) is 6. The molecule has 2 rings (SSSR count). The molecule has 24 heavy (non-hydrogen) atoms. The molecule has 2 aromatic carbocycles. The van der Waals surface area contributed by atoms with Crippen LogP contribution in [0, 0.1) is 18.3 Å². The van der Waals surface area contributed by atoms with Crippen LogP contribution in [0.3, 0.4) is 0 Å². The van der Waals surface area contributed by atoms with E-state index in [0.29, 0.717) is 17.7 Å². The van der Waals surface area contributed by atoms with Crippen molar-refractivity contribution in [2.45, 2.75) is 31.5 Å². The maximum Gasteiger partial charge on any atom is 0.340 e. The number of nitrogens with zero attached hydrogens (tertiary/aromatic N) is 1. The highest BCUT2D eigenvalue weighted by atomic mass is 32.2. The zero-order valence-electron chi connectivity index (χ0n) is 13.3. The van der Waals surface area contributed by atoms with Crippen molar-refractivity contribution in [3.8, 4) is 17.6 Å². The van der Waals surface area contributed by atoms with E-state index in [0.717, 1.165) is 0 Å². The number of rotatable bonds is 6. The minimum Gasteiger partial charge on any atom is -0.465 e. The molecule has 126 valence electrons. The van der Waals surface area contributed by atoms with Crippen molar-refractivity contribution in [3.05, 3.63) is 53.6 Å². The van der Waals surface area contributed by atoms with Gasteiger partial charge in [-0.2, -0.15) is 13.7 Å². The van der Waals surface area contributed by atoms with Gasteiger partial charge in [-0.3, -0.25) is 0 Å². The van der Waals surface area contributed by atoms with Crippen LogP contribution in [0.25, 0.3) is 0 Å². The average Bonchev–Trinajstić information content (AvgIpc) is 2.53. The third-order valence-electron chi connectivity index (χ3n) is 3.13. The van der Waals surface area contributed by atoms with E-state index < -0.39 is 16.4 Å². The predicted octanol–water partition coefficient (Wildman–Crippen LogP) is 2.74. The van der Waals surface area contributed by atoms with Crippen LogP contribution in [-0.4, -0.2) is 19.8 Å². The van der Waals surface area contributed by atoms with Crippen LogP contribution in [-0.2, 0) is 10.1 Å². The van der Waals surface area contributed by atoms with Gasteiger partial charge in [-0.25, -0.2) is 0 Å². The summed E-state index contributed by atoms with van der Waals surface area (Å²) < 4.78 is 35.2. The second-order valence-electron chi connectivity index (χ2n) is 5.11. The van der Waals surface area contributed by atoms with Crippen LogP contribution < -0.4 is 8.92 Å². The maximum absolute atomic E-state index is 12.4. The standard InChI is InChI=1S/C17H17NO5S/c1-3-17(19)22-14-8-12(2)9-15(10-14)23-24(20,21)16-7-5-4-6-13(16)11-18/h4-10,17,19H,3H2,1-2H3. The Labute approximate surface area is 141 Å². The Morgan fingerprint density at radius 3 is 2.54 bits per heavy atom. The van der Waals surface area contributed by atoms with Crippen molar-refractivity contribution in [2.24, 2.45) is 0 Å². The number of benzene rings is 2. The molecule has 0 aliphatic rings. The molecule has 0 bridgehead atoms. The molecule has 1 unspecified atom stereocenters. The maximum atomic E-state index is 12.4. The minimum absolute atomic E-state index is 0.00281. The van der Waals surface area contributed by atoms with Crippen LogP contribution in [0.1, 0.15) is 24.5 Å². The molecule has 0 saturated heterocycles. The predicted molar refractivity (Wildman–Crippen MR) is 87.1 cm³/mol. The third-order valence-corrected chi connectivity index (χ3v) is 4.44. The molecule has 0 aliphatic carbocycles. The number of aliphatic hydroxyl groups is 1. The summed E-state index contributed by atoms with van der Waals surface area (Å²) in [6, 6.07) is 12.2. The lowest BCUT2D eigenvalue weighted by Crippen LogP contribution is -2.14. The molecule has 6 nitrogen and oxygen atoms in total. The molecule has 0 amide bonds. The summed E-state index contributed by atoms with van der Waals surface area (Å²) in [6.45, 7) is 3.50. The Morgan fingerprint density at radius 2 is 1.88 bits per heavy atom. The molecule has 2 aromatic rings. The van der Waals surface area contributed by atoms with Crippen molar-refractivity contribution < 1.29 is 22.4 Å². The van der Waals surface area contributed by atoms with E-state index in [4.69, 9.17) is 14.2 Å². The molecule has 1 atom stereocenters.